The van der Waals surface area contributed by atoms with E-state index in [-0.39, 0.29) is 24.7 Å². The summed E-state index contributed by atoms with van der Waals surface area (Å²) in [6, 6.07) is 8.93. The average Bonchev–Trinajstić information content (AvgIpc) is 2.70. The number of allylic oxidation sites excluding steroid dienone is 1. The van der Waals surface area contributed by atoms with E-state index in [4.69, 9.17) is 19.0 Å². The molecule has 0 spiro atoms. The normalized spacial score (nSPS) is 19.5. The van der Waals surface area contributed by atoms with Crippen LogP contribution in [0.5, 0.6) is 0 Å². The first-order chi connectivity index (χ1) is 12.9. The highest BCUT2D eigenvalue weighted by molar-refractivity contribution is 6.01. The molecule has 9 heteroatoms. The summed E-state index contributed by atoms with van der Waals surface area (Å²) in [5.41, 5.74) is -0.991. The Morgan fingerprint density at radius 3 is 2.44 bits per heavy atom. The van der Waals surface area contributed by atoms with Crippen molar-refractivity contribution < 1.29 is 28.8 Å². The number of ether oxygens (including phenoxy) is 3. The third kappa shape index (κ3) is 4.00. The molecule has 1 aliphatic rings. The van der Waals surface area contributed by atoms with Crippen LogP contribution in [0.1, 0.15) is 12.0 Å². The molecule has 27 heavy (non-hydrogen) atoms. The Balaban J connectivity index is 2.79. The summed E-state index contributed by atoms with van der Waals surface area (Å²) in [5, 5.41) is 12.5. The van der Waals surface area contributed by atoms with Crippen LogP contribution < -0.4 is 0 Å². The van der Waals surface area contributed by atoms with Crippen molar-refractivity contribution in [3.63, 3.8) is 0 Å². The van der Waals surface area contributed by atoms with Gasteiger partial charge in [-0.2, -0.15) is 0 Å². The number of hydroxylamine groups is 2. The molecule has 0 saturated carbocycles. The zero-order valence-corrected chi connectivity index (χ0v) is 15.6. The van der Waals surface area contributed by atoms with E-state index in [1.54, 1.807) is 24.3 Å². The lowest BCUT2D eigenvalue weighted by molar-refractivity contribution is -0.430. The minimum atomic E-state index is -1.76. The second-order valence-electron chi connectivity index (χ2n) is 5.74. The van der Waals surface area contributed by atoms with Crippen molar-refractivity contribution in [2.75, 3.05) is 35.2 Å². The summed E-state index contributed by atoms with van der Waals surface area (Å²) >= 11 is 0. The van der Waals surface area contributed by atoms with Crippen LogP contribution in [0.2, 0.25) is 0 Å². The Hall–Kier alpha value is -2.75. The van der Waals surface area contributed by atoms with Crippen molar-refractivity contribution >= 4 is 11.5 Å². The van der Waals surface area contributed by atoms with Gasteiger partial charge in [-0.05, 0) is 5.56 Å². The van der Waals surface area contributed by atoms with Crippen molar-refractivity contribution in [3.8, 4) is 0 Å². The lowest BCUT2D eigenvalue weighted by Gasteiger charge is -2.38. The van der Waals surface area contributed by atoms with Gasteiger partial charge in [-0.15, -0.1) is 0 Å². The first-order valence-electron chi connectivity index (χ1n) is 8.05. The van der Waals surface area contributed by atoms with E-state index >= 15 is 0 Å². The van der Waals surface area contributed by atoms with Crippen LogP contribution in [-0.2, 0) is 23.8 Å². The standard InChI is InChI=1S/C18H22N2O7/c1-19(26-4)17(21)18(27-12-24-2)11-14(20(22)23)10-15(25-3)16(18)13-8-6-5-7-9-13/h5-10H,11-12H2,1-4H3. The van der Waals surface area contributed by atoms with Gasteiger partial charge in [0.25, 0.3) is 11.6 Å². The van der Waals surface area contributed by atoms with Gasteiger partial charge >= 0.3 is 0 Å². The van der Waals surface area contributed by atoms with Gasteiger partial charge in [0, 0.05) is 19.7 Å². The number of methoxy groups -OCH3 is 2. The van der Waals surface area contributed by atoms with Crippen molar-refractivity contribution in [2.24, 2.45) is 0 Å². The molecular weight excluding hydrogens is 356 g/mol. The monoisotopic (exact) mass is 378 g/mol. The van der Waals surface area contributed by atoms with E-state index < -0.39 is 16.4 Å². The second kappa shape index (κ2) is 8.76. The molecule has 1 aromatic rings. The molecule has 9 nitrogen and oxygen atoms in total. The number of hydrogen-bond donors (Lipinski definition) is 0. The number of rotatable bonds is 8. The molecule has 1 unspecified atom stereocenters. The van der Waals surface area contributed by atoms with Crippen LogP contribution in [0.3, 0.4) is 0 Å². The molecule has 0 aromatic heterocycles. The lowest BCUT2D eigenvalue weighted by Crippen LogP contribution is -2.52. The van der Waals surface area contributed by atoms with Gasteiger partial charge in [0.2, 0.25) is 0 Å². The molecule has 1 aromatic carbocycles. The molecule has 0 heterocycles. The van der Waals surface area contributed by atoms with Gasteiger partial charge in [0.05, 0.1) is 31.6 Å². The zero-order valence-electron chi connectivity index (χ0n) is 15.6. The van der Waals surface area contributed by atoms with Gasteiger partial charge in [0.15, 0.2) is 5.60 Å². The minimum absolute atomic E-state index is 0.160. The largest absolute Gasteiger partial charge is 0.496 e. The van der Waals surface area contributed by atoms with E-state index in [2.05, 4.69) is 0 Å². The Bertz CT molecular complexity index is 760. The van der Waals surface area contributed by atoms with Crippen molar-refractivity contribution in [3.05, 3.63) is 63.5 Å². The summed E-state index contributed by atoms with van der Waals surface area (Å²) < 4.78 is 16.2. The molecule has 0 aliphatic heterocycles. The first kappa shape index (κ1) is 20.6. The number of nitrogens with zero attached hydrogens (tertiary/aromatic N) is 2. The summed E-state index contributed by atoms with van der Waals surface area (Å²) in [5.74, 6) is -0.462. The van der Waals surface area contributed by atoms with Crippen LogP contribution in [0.4, 0.5) is 0 Å². The third-order valence-electron chi connectivity index (χ3n) is 4.22. The maximum Gasteiger partial charge on any atom is 0.283 e. The maximum absolute atomic E-state index is 13.3. The molecule has 0 bridgehead atoms. The van der Waals surface area contributed by atoms with Gasteiger partial charge in [-0.25, -0.2) is 5.06 Å². The molecule has 0 radical (unpaired) electrons. The predicted octanol–water partition coefficient (Wildman–Crippen LogP) is 1.99. The quantitative estimate of drug-likeness (QED) is 0.387. The van der Waals surface area contributed by atoms with E-state index in [1.807, 2.05) is 6.07 Å². The third-order valence-corrected chi connectivity index (χ3v) is 4.22. The van der Waals surface area contributed by atoms with Gasteiger partial charge in [-0.3, -0.25) is 19.7 Å². The fourth-order valence-corrected chi connectivity index (χ4v) is 2.94. The molecule has 0 N–H and O–H groups in total. The number of likely N-dealkylation sites (N-methyl/N-ethyl adjacent to an activating group) is 1. The minimum Gasteiger partial charge on any atom is -0.496 e. The smallest absolute Gasteiger partial charge is 0.283 e. The molecule has 1 amide bonds. The molecule has 0 fully saturated rings. The van der Waals surface area contributed by atoms with Crippen LogP contribution in [0.25, 0.3) is 5.57 Å². The number of nitro groups is 1. The molecule has 146 valence electrons. The highest BCUT2D eigenvalue weighted by Gasteiger charge is 2.53. The summed E-state index contributed by atoms with van der Waals surface area (Å²) in [6.07, 6.45) is 0.990. The number of hydrogen-bond acceptors (Lipinski definition) is 7. The molecule has 1 aliphatic carbocycles. The maximum atomic E-state index is 13.3. The van der Waals surface area contributed by atoms with E-state index in [0.29, 0.717) is 11.1 Å². The number of carbonyl (C=O) groups excluding carboxylic acids is 1. The summed E-state index contributed by atoms with van der Waals surface area (Å²) in [6.45, 7) is -0.262. The number of amides is 1. The predicted molar refractivity (Wildman–Crippen MR) is 95.5 cm³/mol. The van der Waals surface area contributed by atoms with Crippen LogP contribution in [-0.4, -0.2) is 56.7 Å². The molecule has 2 rings (SSSR count). The number of benzene rings is 1. The zero-order chi connectivity index (χ0) is 20.0. The average molecular weight is 378 g/mol. The van der Waals surface area contributed by atoms with E-state index in [9.17, 15) is 14.9 Å². The number of carbonyl (C=O) groups is 1. The van der Waals surface area contributed by atoms with Crippen molar-refractivity contribution in [2.45, 2.75) is 12.0 Å². The SMILES string of the molecule is COCOC1(C(=O)N(C)OC)CC([N+](=O)[O-])=CC(OC)=C1c1ccccc1. The molecule has 1 atom stereocenters. The highest BCUT2D eigenvalue weighted by atomic mass is 16.7. The molecule has 0 saturated heterocycles. The van der Waals surface area contributed by atoms with Crippen molar-refractivity contribution in [1.82, 2.24) is 5.06 Å². The first-order valence-corrected chi connectivity index (χ1v) is 8.05. The van der Waals surface area contributed by atoms with Crippen LogP contribution >= 0.6 is 0 Å². The highest BCUT2D eigenvalue weighted by Crippen LogP contribution is 2.44. The van der Waals surface area contributed by atoms with Crippen molar-refractivity contribution in [1.29, 1.82) is 0 Å². The van der Waals surface area contributed by atoms with Crippen LogP contribution in [0.15, 0.2) is 47.9 Å². The van der Waals surface area contributed by atoms with E-state index in [0.717, 1.165) is 5.06 Å². The summed E-state index contributed by atoms with van der Waals surface area (Å²) in [4.78, 5) is 29.2. The van der Waals surface area contributed by atoms with Gasteiger partial charge in [0.1, 0.15) is 12.6 Å². The Labute approximate surface area is 156 Å². The fraction of sp³-hybridized carbons (Fsp3) is 0.389. The Kier molecular flexibility index (Phi) is 6.67. The second-order valence-corrected chi connectivity index (χ2v) is 5.74. The van der Waals surface area contributed by atoms with E-state index in [1.165, 1.54) is 34.5 Å². The molecular formula is C18H22N2O7. The topological polar surface area (TPSA) is 100 Å². The fourth-order valence-electron chi connectivity index (χ4n) is 2.94. The van der Waals surface area contributed by atoms with Gasteiger partial charge in [-0.1, -0.05) is 30.3 Å². The Morgan fingerprint density at radius 2 is 1.93 bits per heavy atom. The Morgan fingerprint density at radius 1 is 1.26 bits per heavy atom. The summed E-state index contributed by atoms with van der Waals surface area (Å²) in [7, 11) is 5.50. The van der Waals surface area contributed by atoms with Crippen LogP contribution in [0, 0.1) is 10.1 Å². The van der Waals surface area contributed by atoms with Gasteiger partial charge < -0.3 is 14.2 Å². The lowest BCUT2D eigenvalue weighted by atomic mass is 9.79.